The van der Waals surface area contributed by atoms with E-state index in [-0.39, 0.29) is 17.5 Å². The highest BCUT2D eigenvalue weighted by Crippen LogP contribution is 2.32. The molecule has 4 N–H and O–H groups in total. The first-order valence-electron chi connectivity index (χ1n) is 8.79. The molecule has 1 atom stereocenters. The number of ether oxygens (including phenoxy) is 1. The molecule has 1 aliphatic rings. The molecule has 2 aromatic rings. The number of carboxylic acid groups (broad SMARTS) is 1. The monoisotopic (exact) mass is 450 g/mol. The van der Waals surface area contributed by atoms with E-state index in [4.69, 9.17) is 9.88 Å². The van der Waals surface area contributed by atoms with Gasteiger partial charge in [0, 0.05) is 19.6 Å². The number of aromatic carboxylic acids is 1. The summed E-state index contributed by atoms with van der Waals surface area (Å²) in [6, 6.07) is 7.67. The highest BCUT2D eigenvalue weighted by molar-refractivity contribution is 7.89. The summed E-state index contributed by atoms with van der Waals surface area (Å²) in [6.45, 7) is 0. The predicted molar refractivity (Wildman–Crippen MR) is 107 cm³/mol. The van der Waals surface area contributed by atoms with Gasteiger partial charge in [0.1, 0.15) is 0 Å². The van der Waals surface area contributed by atoms with Crippen LogP contribution in [0.1, 0.15) is 21.5 Å². The number of carboxylic acids is 1. The van der Waals surface area contributed by atoms with Gasteiger partial charge in [0.15, 0.2) is 11.1 Å². The summed E-state index contributed by atoms with van der Waals surface area (Å²) in [5.41, 5.74) is 3.35. The summed E-state index contributed by atoms with van der Waals surface area (Å²) in [5.74, 6) is -1.71. The first-order valence-corrected chi connectivity index (χ1v) is 10.3. The van der Waals surface area contributed by atoms with Crippen molar-refractivity contribution in [2.45, 2.75) is 24.0 Å². The Balaban J connectivity index is 1.85. The number of carbonyl (C=O) groups excluding carboxylic acids is 1. The van der Waals surface area contributed by atoms with Crippen molar-refractivity contribution >= 4 is 33.3 Å². The lowest BCUT2D eigenvalue weighted by molar-refractivity contribution is -0.387. The number of hydrazine groups is 1. The molecule has 0 fully saturated rings. The van der Waals surface area contributed by atoms with Gasteiger partial charge in [0.2, 0.25) is 15.9 Å². The van der Waals surface area contributed by atoms with Crippen LogP contribution < -0.4 is 15.6 Å². The summed E-state index contributed by atoms with van der Waals surface area (Å²) in [4.78, 5) is 33.3. The fraction of sp³-hybridized carbons (Fsp3) is 0.222. The molecule has 0 aliphatic carbocycles. The summed E-state index contributed by atoms with van der Waals surface area (Å²) < 4.78 is 28.7. The lowest BCUT2D eigenvalue weighted by Gasteiger charge is -2.26. The van der Waals surface area contributed by atoms with Crippen LogP contribution in [0, 0.1) is 10.1 Å². The molecular weight excluding hydrogens is 432 g/mol. The van der Waals surface area contributed by atoms with E-state index in [1.54, 1.807) is 6.07 Å². The molecule has 0 radical (unpaired) electrons. The molecule has 0 aromatic heterocycles. The molecule has 1 unspecified atom stereocenters. The van der Waals surface area contributed by atoms with Gasteiger partial charge in [-0.3, -0.25) is 25.3 Å². The number of nitro groups is 1. The van der Waals surface area contributed by atoms with Crippen LogP contribution >= 0.6 is 0 Å². The van der Waals surface area contributed by atoms with Gasteiger partial charge in [0.05, 0.1) is 22.6 Å². The highest BCUT2D eigenvalue weighted by Gasteiger charge is 2.32. The second kappa shape index (κ2) is 8.29. The number of benzene rings is 2. The van der Waals surface area contributed by atoms with Crippen molar-refractivity contribution in [2.75, 3.05) is 12.1 Å². The number of amides is 1. The Hall–Kier alpha value is -3.55. The molecule has 1 heterocycles. The van der Waals surface area contributed by atoms with Crippen molar-refractivity contribution in [2.24, 2.45) is 5.14 Å². The zero-order valence-corrected chi connectivity index (χ0v) is 17.0. The molecule has 13 heteroatoms. The molecule has 3 rings (SSSR count). The van der Waals surface area contributed by atoms with Crippen LogP contribution in [0.5, 0.6) is 0 Å². The maximum atomic E-state index is 12.6. The zero-order chi connectivity index (χ0) is 22.9. The Bertz CT molecular complexity index is 1180. The average molecular weight is 450 g/mol. The maximum absolute atomic E-state index is 12.6. The standard InChI is InChI=1S/C18H18N4O8S/c1-30-17-9-11-3-4-12(18(24)25)8-14(11)21(17)20-16(23)7-10-2-5-13(22(26)27)15(6-10)31(19,28)29/h2-6,8,17H,7,9H2,1H3,(H,20,23)(H,24,25)(H2,19,28,29). The largest absolute Gasteiger partial charge is 0.478 e. The summed E-state index contributed by atoms with van der Waals surface area (Å²) >= 11 is 0. The number of sulfonamides is 1. The highest BCUT2D eigenvalue weighted by atomic mass is 32.2. The van der Waals surface area contributed by atoms with Crippen LogP contribution in [-0.2, 0) is 32.4 Å². The Morgan fingerprint density at radius 3 is 2.61 bits per heavy atom. The Morgan fingerprint density at radius 1 is 1.32 bits per heavy atom. The van der Waals surface area contributed by atoms with Gasteiger partial charge < -0.3 is 9.84 Å². The second-order valence-electron chi connectivity index (χ2n) is 6.73. The number of nitrogens with two attached hydrogens (primary N) is 1. The average Bonchev–Trinajstić information content (AvgIpc) is 3.03. The molecular formula is C18H18N4O8S. The SMILES string of the molecule is COC1Cc2ccc(C(=O)O)cc2N1NC(=O)Cc1ccc([N+](=O)[O-])c(S(N)(=O)=O)c1. The normalized spacial score (nSPS) is 15.4. The van der Waals surface area contributed by atoms with Crippen LogP contribution in [-0.4, -0.2) is 43.7 Å². The van der Waals surface area contributed by atoms with Crippen LogP contribution in [0.4, 0.5) is 11.4 Å². The predicted octanol–water partition coefficient (Wildman–Crippen LogP) is 0.549. The zero-order valence-electron chi connectivity index (χ0n) is 16.1. The Labute approximate surface area is 176 Å². The topological polar surface area (TPSA) is 182 Å². The van der Waals surface area contributed by atoms with Gasteiger partial charge >= 0.3 is 5.97 Å². The van der Waals surface area contributed by atoms with E-state index in [1.807, 2.05) is 0 Å². The molecule has 0 saturated heterocycles. The number of nitrogens with zero attached hydrogens (tertiary/aromatic N) is 2. The number of nitro benzene ring substituents is 1. The van der Waals surface area contributed by atoms with E-state index >= 15 is 0 Å². The smallest absolute Gasteiger partial charge is 0.335 e. The first kappa shape index (κ1) is 22.1. The van der Waals surface area contributed by atoms with Gasteiger partial charge in [-0.25, -0.2) is 18.4 Å². The van der Waals surface area contributed by atoms with Crippen LogP contribution in [0.3, 0.4) is 0 Å². The molecule has 2 aromatic carbocycles. The van der Waals surface area contributed by atoms with Crippen LogP contribution in [0.15, 0.2) is 41.3 Å². The number of carbonyl (C=O) groups is 2. The minimum absolute atomic E-state index is 0.0305. The third-order valence-electron chi connectivity index (χ3n) is 4.68. The molecule has 1 amide bonds. The molecule has 0 bridgehead atoms. The van der Waals surface area contributed by atoms with Crippen molar-refractivity contribution < 1.29 is 32.8 Å². The van der Waals surface area contributed by atoms with Gasteiger partial charge in [-0.15, -0.1) is 0 Å². The molecule has 12 nitrogen and oxygen atoms in total. The number of fused-ring (bicyclic) bond motifs is 1. The van der Waals surface area contributed by atoms with Crippen molar-refractivity contribution in [1.29, 1.82) is 0 Å². The lowest BCUT2D eigenvalue weighted by Crippen LogP contribution is -2.48. The minimum Gasteiger partial charge on any atom is -0.478 e. The van der Waals surface area contributed by atoms with Gasteiger partial charge in [0.25, 0.3) is 5.69 Å². The summed E-state index contributed by atoms with van der Waals surface area (Å²) in [7, 11) is -2.95. The van der Waals surface area contributed by atoms with Crippen molar-refractivity contribution in [1.82, 2.24) is 5.43 Å². The lowest BCUT2D eigenvalue weighted by atomic mass is 10.1. The second-order valence-corrected chi connectivity index (χ2v) is 8.26. The summed E-state index contributed by atoms with van der Waals surface area (Å²) in [6.07, 6.45) is -0.500. The third kappa shape index (κ3) is 4.63. The minimum atomic E-state index is -4.38. The molecule has 164 valence electrons. The van der Waals surface area contributed by atoms with E-state index in [9.17, 15) is 33.2 Å². The molecule has 0 spiro atoms. The van der Waals surface area contributed by atoms with Crippen LogP contribution in [0.25, 0.3) is 0 Å². The quantitative estimate of drug-likeness (QED) is 0.400. The number of anilines is 1. The van der Waals surface area contributed by atoms with Crippen molar-refractivity contribution in [3.05, 3.63) is 63.2 Å². The van der Waals surface area contributed by atoms with Crippen molar-refractivity contribution in [3.8, 4) is 0 Å². The maximum Gasteiger partial charge on any atom is 0.335 e. The Kier molecular flexibility index (Phi) is 5.92. The van der Waals surface area contributed by atoms with Gasteiger partial charge in [-0.05, 0) is 29.3 Å². The van der Waals surface area contributed by atoms with E-state index in [0.29, 0.717) is 12.1 Å². The molecule has 0 saturated carbocycles. The van der Waals surface area contributed by atoms with Gasteiger partial charge in [-0.1, -0.05) is 12.1 Å². The molecule has 1 aliphatic heterocycles. The summed E-state index contributed by atoms with van der Waals surface area (Å²) in [5, 5.41) is 26.7. The van der Waals surface area contributed by atoms with E-state index < -0.39 is 43.6 Å². The number of hydrogen-bond acceptors (Lipinski definition) is 8. The number of methoxy groups -OCH3 is 1. The Morgan fingerprint density at radius 2 is 2.03 bits per heavy atom. The third-order valence-corrected chi connectivity index (χ3v) is 5.62. The number of rotatable bonds is 7. The first-order chi connectivity index (χ1) is 14.5. The van der Waals surface area contributed by atoms with Crippen molar-refractivity contribution in [3.63, 3.8) is 0 Å². The fourth-order valence-corrected chi connectivity index (χ4v) is 4.01. The van der Waals surface area contributed by atoms with Gasteiger partial charge in [-0.2, -0.15) is 0 Å². The van der Waals surface area contributed by atoms with E-state index in [0.717, 1.165) is 17.7 Å². The molecule has 31 heavy (non-hydrogen) atoms. The number of nitrogens with one attached hydrogen (secondary N) is 1. The number of hydrogen-bond donors (Lipinski definition) is 3. The van der Waals surface area contributed by atoms with E-state index in [1.165, 1.54) is 30.3 Å². The van der Waals surface area contributed by atoms with E-state index in [2.05, 4.69) is 5.43 Å². The number of primary sulfonamides is 1. The fourth-order valence-electron chi connectivity index (χ4n) is 3.26. The van der Waals surface area contributed by atoms with Crippen LogP contribution in [0.2, 0.25) is 0 Å².